The minimum absolute atomic E-state index is 0.0130. The molecule has 1 N–H and O–H groups in total. The zero-order valence-electron chi connectivity index (χ0n) is 12.5. The Morgan fingerprint density at radius 2 is 1.68 bits per heavy atom. The number of benzene rings is 2. The fraction of sp³-hybridized carbons (Fsp3) is 0.263. The largest absolute Gasteiger partial charge is 0.511 e. The highest BCUT2D eigenvalue weighted by atomic mass is 16.3. The normalized spacial score (nSPS) is 18.8. The topological polar surface area (TPSA) is 54.4 Å². The van der Waals surface area contributed by atoms with E-state index >= 15 is 0 Å². The van der Waals surface area contributed by atoms with Crippen LogP contribution in [0.25, 0.3) is 10.8 Å². The second-order valence-electron chi connectivity index (χ2n) is 5.70. The fourth-order valence-corrected chi connectivity index (χ4v) is 3.20. The van der Waals surface area contributed by atoms with E-state index in [1.807, 2.05) is 42.5 Å². The van der Waals surface area contributed by atoms with E-state index in [9.17, 15) is 14.7 Å². The number of aliphatic hydroxyl groups is 1. The summed E-state index contributed by atoms with van der Waals surface area (Å²) in [4.78, 5) is 24.6. The molecule has 0 aromatic heterocycles. The molecule has 1 aliphatic carbocycles. The van der Waals surface area contributed by atoms with Gasteiger partial charge in [-0.2, -0.15) is 0 Å². The summed E-state index contributed by atoms with van der Waals surface area (Å²) < 4.78 is 0. The van der Waals surface area contributed by atoms with Crippen molar-refractivity contribution >= 4 is 22.3 Å². The molecule has 0 radical (unpaired) electrons. The summed E-state index contributed by atoms with van der Waals surface area (Å²) in [5.41, 5.74) is 1.05. The minimum atomic E-state index is -0.242. The molecule has 2 aromatic carbocycles. The molecule has 0 atom stereocenters. The molecule has 0 bridgehead atoms. The van der Waals surface area contributed by atoms with Gasteiger partial charge in [0.15, 0.2) is 11.6 Å². The molecule has 1 saturated carbocycles. The van der Waals surface area contributed by atoms with Crippen LogP contribution in [0.3, 0.4) is 0 Å². The van der Waals surface area contributed by atoms with E-state index in [0.717, 1.165) is 16.3 Å². The summed E-state index contributed by atoms with van der Waals surface area (Å²) in [6.45, 7) is 1.74. The first-order chi connectivity index (χ1) is 10.6. The van der Waals surface area contributed by atoms with Crippen LogP contribution in [0, 0.1) is 0 Å². The van der Waals surface area contributed by atoms with Gasteiger partial charge in [-0.25, -0.2) is 0 Å². The predicted octanol–water partition coefficient (Wildman–Crippen LogP) is 4.08. The SMILES string of the molecule is CCC(O)=C1C(=O)CC(c2cccc3ccccc23)CC1=O. The molecule has 0 spiro atoms. The average molecular weight is 294 g/mol. The molecule has 0 heterocycles. The zero-order chi connectivity index (χ0) is 15.7. The smallest absolute Gasteiger partial charge is 0.170 e. The molecule has 112 valence electrons. The molecular formula is C19H18O3. The number of carbonyl (C=O) groups excluding carboxylic acids is 2. The van der Waals surface area contributed by atoms with Gasteiger partial charge >= 0.3 is 0 Å². The van der Waals surface area contributed by atoms with Crippen LogP contribution in [0.15, 0.2) is 53.8 Å². The van der Waals surface area contributed by atoms with E-state index in [1.165, 1.54) is 0 Å². The minimum Gasteiger partial charge on any atom is -0.511 e. The first-order valence-corrected chi connectivity index (χ1v) is 7.58. The van der Waals surface area contributed by atoms with E-state index in [0.29, 0.717) is 6.42 Å². The van der Waals surface area contributed by atoms with Crippen LogP contribution in [0.5, 0.6) is 0 Å². The van der Waals surface area contributed by atoms with Crippen molar-refractivity contribution in [1.82, 2.24) is 0 Å². The second-order valence-corrected chi connectivity index (χ2v) is 5.70. The van der Waals surface area contributed by atoms with Crippen LogP contribution in [-0.2, 0) is 9.59 Å². The number of carbonyl (C=O) groups is 2. The van der Waals surface area contributed by atoms with Crippen LogP contribution in [0.2, 0.25) is 0 Å². The van der Waals surface area contributed by atoms with E-state index < -0.39 is 0 Å². The molecule has 3 rings (SSSR count). The quantitative estimate of drug-likeness (QED) is 0.516. The van der Waals surface area contributed by atoms with Gasteiger partial charge in [0.25, 0.3) is 0 Å². The molecule has 3 heteroatoms. The number of hydrogen-bond donors (Lipinski definition) is 1. The number of aliphatic hydroxyl groups excluding tert-OH is 1. The number of ketones is 2. The molecule has 0 unspecified atom stereocenters. The first-order valence-electron chi connectivity index (χ1n) is 7.58. The number of allylic oxidation sites excluding steroid dienone is 2. The van der Waals surface area contributed by atoms with Gasteiger partial charge in [0.05, 0.1) is 5.57 Å². The van der Waals surface area contributed by atoms with Crippen LogP contribution in [0.4, 0.5) is 0 Å². The van der Waals surface area contributed by atoms with E-state index in [2.05, 4.69) is 0 Å². The number of rotatable bonds is 2. The molecular weight excluding hydrogens is 276 g/mol. The number of hydrogen-bond acceptors (Lipinski definition) is 3. The number of fused-ring (bicyclic) bond motifs is 1. The Hall–Kier alpha value is -2.42. The lowest BCUT2D eigenvalue weighted by Gasteiger charge is -2.24. The molecule has 3 nitrogen and oxygen atoms in total. The van der Waals surface area contributed by atoms with Gasteiger partial charge < -0.3 is 5.11 Å². The maximum Gasteiger partial charge on any atom is 0.170 e. The van der Waals surface area contributed by atoms with Gasteiger partial charge in [-0.3, -0.25) is 9.59 Å². The summed E-state index contributed by atoms with van der Waals surface area (Å²) in [5.74, 6) is -0.673. The monoisotopic (exact) mass is 294 g/mol. The summed E-state index contributed by atoms with van der Waals surface area (Å²) in [6, 6.07) is 14.0. The average Bonchev–Trinajstić information content (AvgIpc) is 2.53. The van der Waals surface area contributed by atoms with Crippen molar-refractivity contribution in [2.45, 2.75) is 32.1 Å². The van der Waals surface area contributed by atoms with Crippen molar-refractivity contribution in [3.8, 4) is 0 Å². The van der Waals surface area contributed by atoms with Gasteiger partial charge in [0.2, 0.25) is 0 Å². The van der Waals surface area contributed by atoms with Gasteiger partial charge in [0, 0.05) is 19.3 Å². The van der Waals surface area contributed by atoms with Gasteiger partial charge in [-0.05, 0) is 22.3 Å². The summed E-state index contributed by atoms with van der Waals surface area (Å²) >= 11 is 0. The highest BCUT2D eigenvalue weighted by Crippen LogP contribution is 2.36. The summed E-state index contributed by atoms with van der Waals surface area (Å²) in [7, 11) is 0. The van der Waals surface area contributed by atoms with E-state index in [4.69, 9.17) is 0 Å². The van der Waals surface area contributed by atoms with Crippen molar-refractivity contribution < 1.29 is 14.7 Å². The highest BCUT2D eigenvalue weighted by Gasteiger charge is 2.33. The predicted molar refractivity (Wildman–Crippen MR) is 85.9 cm³/mol. The molecule has 1 aliphatic rings. The Morgan fingerprint density at radius 1 is 1.05 bits per heavy atom. The van der Waals surface area contributed by atoms with E-state index in [-0.39, 0.29) is 41.7 Å². The highest BCUT2D eigenvalue weighted by molar-refractivity contribution is 6.22. The Balaban J connectivity index is 2.01. The second kappa shape index (κ2) is 5.76. The van der Waals surface area contributed by atoms with Crippen LogP contribution >= 0.6 is 0 Å². The van der Waals surface area contributed by atoms with Crippen molar-refractivity contribution in [3.05, 3.63) is 59.4 Å². The lowest BCUT2D eigenvalue weighted by Crippen LogP contribution is -2.26. The molecule has 1 fully saturated rings. The van der Waals surface area contributed by atoms with Gasteiger partial charge in [-0.15, -0.1) is 0 Å². The third-order valence-electron chi connectivity index (χ3n) is 4.31. The van der Waals surface area contributed by atoms with Crippen LogP contribution in [0.1, 0.15) is 37.7 Å². The Morgan fingerprint density at radius 3 is 2.36 bits per heavy atom. The Kier molecular flexibility index (Phi) is 3.80. The maximum absolute atomic E-state index is 12.3. The van der Waals surface area contributed by atoms with Gasteiger partial charge in [0.1, 0.15) is 5.76 Å². The van der Waals surface area contributed by atoms with Crippen molar-refractivity contribution in [3.63, 3.8) is 0 Å². The Labute approximate surface area is 129 Å². The molecule has 22 heavy (non-hydrogen) atoms. The van der Waals surface area contributed by atoms with Crippen molar-refractivity contribution in [1.29, 1.82) is 0 Å². The lowest BCUT2D eigenvalue weighted by molar-refractivity contribution is -0.124. The molecule has 0 saturated heterocycles. The third kappa shape index (κ3) is 2.43. The summed E-state index contributed by atoms with van der Waals surface area (Å²) in [5, 5.41) is 12.0. The molecule has 0 amide bonds. The standard InChI is InChI=1S/C19H18O3/c1-2-16(20)19-17(21)10-13(11-18(19)22)15-9-5-7-12-6-3-4-8-14(12)15/h3-9,13,20H,2,10-11H2,1H3. The lowest BCUT2D eigenvalue weighted by atomic mass is 9.78. The van der Waals surface area contributed by atoms with Gasteiger partial charge in [-0.1, -0.05) is 49.4 Å². The fourth-order valence-electron chi connectivity index (χ4n) is 3.20. The van der Waals surface area contributed by atoms with Crippen molar-refractivity contribution in [2.24, 2.45) is 0 Å². The summed E-state index contributed by atoms with van der Waals surface area (Å²) in [6.07, 6.45) is 0.865. The van der Waals surface area contributed by atoms with E-state index in [1.54, 1.807) is 6.92 Å². The van der Waals surface area contributed by atoms with Crippen LogP contribution < -0.4 is 0 Å². The Bertz CT molecular complexity index is 761. The molecule has 0 aliphatic heterocycles. The maximum atomic E-state index is 12.3. The van der Waals surface area contributed by atoms with Crippen LogP contribution in [-0.4, -0.2) is 16.7 Å². The number of Topliss-reactive ketones (excluding diaryl/α,β-unsaturated/α-hetero) is 2. The first kappa shape index (κ1) is 14.5. The third-order valence-corrected chi connectivity index (χ3v) is 4.31. The zero-order valence-corrected chi connectivity index (χ0v) is 12.5. The molecule has 2 aromatic rings. The van der Waals surface area contributed by atoms with Crippen molar-refractivity contribution in [2.75, 3.05) is 0 Å².